The summed E-state index contributed by atoms with van der Waals surface area (Å²) in [5.74, 6) is -0.438. The number of rotatable bonds is 4. The van der Waals surface area contributed by atoms with Gasteiger partial charge in [0.2, 0.25) is 5.91 Å². The van der Waals surface area contributed by atoms with Crippen LogP contribution in [0.2, 0.25) is 0 Å². The van der Waals surface area contributed by atoms with Crippen molar-refractivity contribution < 1.29 is 14.7 Å². The topological polar surface area (TPSA) is 69.6 Å². The molecule has 2 atom stereocenters. The number of thiocarbonyl (C=S) groups is 1. The summed E-state index contributed by atoms with van der Waals surface area (Å²) in [5, 5.41) is 12.2. The van der Waals surface area contributed by atoms with Crippen LogP contribution in [0, 0.1) is 0 Å². The number of amides is 1. The highest BCUT2D eigenvalue weighted by atomic mass is 32.2. The standard InChI is InChI=1S/C16H16N2O3S2/c1-9-8-23-15-12(14(22)18(15)13(9)16(20)21)17-11(19)7-10-5-3-2-4-6-10/h2-6,12,15H,7-8H2,1H3,(H,17,19)(H,20,21)/t12-,15?/m0/s1. The van der Waals surface area contributed by atoms with Gasteiger partial charge < -0.3 is 15.3 Å². The Kier molecular flexibility index (Phi) is 4.41. The number of carboxylic acids is 1. The van der Waals surface area contributed by atoms with Crippen LogP contribution >= 0.6 is 24.0 Å². The van der Waals surface area contributed by atoms with Crippen LogP contribution in [0.1, 0.15) is 12.5 Å². The molecule has 2 heterocycles. The van der Waals surface area contributed by atoms with Crippen molar-refractivity contribution in [2.45, 2.75) is 24.8 Å². The number of nitrogens with one attached hydrogen (secondary N) is 1. The van der Waals surface area contributed by atoms with Crippen LogP contribution in [0.15, 0.2) is 41.6 Å². The van der Waals surface area contributed by atoms with Crippen LogP contribution in [0.25, 0.3) is 0 Å². The highest BCUT2D eigenvalue weighted by Crippen LogP contribution is 2.40. The van der Waals surface area contributed by atoms with Crippen LogP contribution in [0.4, 0.5) is 0 Å². The van der Waals surface area contributed by atoms with E-state index in [9.17, 15) is 14.7 Å². The van der Waals surface area contributed by atoms with E-state index in [-0.39, 0.29) is 29.4 Å². The number of benzene rings is 1. The zero-order valence-electron chi connectivity index (χ0n) is 12.5. The van der Waals surface area contributed by atoms with E-state index < -0.39 is 5.97 Å². The van der Waals surface area contributed by atoms with E-state index in [1.807, 2.05) is 30.3 Å². The third-order valence-electron chi connectivity index (χ3n) is 3.89. The third kappa shape index (κ3) is 2.98. The molecule has 0 radical (unpaired) electrons. The molecule has 120 valence electrons. The lowest BCUT2D eigenvalue weighted by atomic mass is 10.0. The van der Waals surface area contributed by atoms with Gasteiger partial charge in [0, 0.05) is 5.75 Å². The normalized spacial score (nSPS) is 23.2. The Labute approximate surface area is 143 Å². The highest BCUT2D eigenvalue weighted by molar-refractivity contribution is 8.00. The van der Waals surface area contributed by atoms with Crippen LogP contribution in [0.3, 0.4) is 0 Å². The number of carbonyl (C=O) groups is 2. The van der Waals surface area contributed by atoms with E-state index in [0.717, 1.165) is 11.1 Å². The molecule has 5 nitrogen and oxygen atoms in total. The van der Waals surface area contributed by atoms with Gasteiger partial charge in [-0.25, -0.2) is 4.79 Å². The Morgan fingerprint density at radius 3 is 2.74 bits per heavy atom. The first-order valence-electron chi connectivity index (χ1n) is 7.20. The van der Waals surface area contributed by atoms with Crippen molar-refractivity contribution >= 4 is 40.8 Å². The van der Waals surface area contributed by atoms with E-state index in [0.29, 0.717) is 10.7 Å². The Bertz CT molecular complexity index is 703. The number of carbonyl (C=O) groups excluding carboxylic acids is 1. The predicted molar refractivity (Wildman–Crippen MR) is 93.1 cm³/mol. The molecule has 7 heteroatoms. The van der Waals surface area contributed by atoms with Gasteiger partial charge in [-0.2, -0.15) is 0 Å². The SMILES string of the molecule is CC1=C(C(=O)O)N2C(=S)[C@H](NC(=O)Cc3ccccc3)C2SC1. The molecule has 23 heavy (non-hydrogen) atoms. The summed E-state index contributed by atoms with van der Waals surface area (Å²) in [7, 11) is 0. The number of hydrogen-bond donors (Lipinski definition) is 2. The van der Waals surface area contributed by atoms with Crippen molar-refractivity contribution in [1.29, 1.82) is 0 Å². The molecular weight excluding hydrogens is 332 g/mol. The molecule has 0 spiro atoms. The monoisotopic (exact) mass is 348 g/mol. The molecule has 0 aromatic heterocycles. The first-order valence-corrected chi connectivity index (χ1v) is 8.65. The van der Waals surface area contributed by atoms with Crippen molar-refractivity contribution in [2.24, 2.45) is 0 Å². The Morgan fingerprint density at radius 1 is 1.39 bits per heavy atom. The molecule has 0 bridgehead atoms. The zero-order chi connectivity index (χ0) is 16.6. The van der Waals surface area contributed by atoms with Crippen molar-refractivity contribution in [3.63, 3.8) is 0 Å². The zero-order valence-corrected chi connectivity index (χ0v) is 14.1. The second-order valence-corrected chi connectivity index (χ2v) is 7.07. The molecule has 1 aromatic carbocycles. The molecule has 1 saturated heterocycles. The number of hydrogen-bond acceptors (Lipinski definition) is 4. The number of nitrogens with zero attached hydrogens (tertiary/aromatic N) is 1. The van der Waals surface area contributed by atoms with Crippen LogP contribution in [0.5, 0.6) is 0 Å². The van der Waals surface area contributed by atoms with Gasteiger partial charge >= 0.3 is 5.97 Å². The lowest BCUT2D eigenvalue weighted by Crippen LogP contribution is -2.69. The number of carboxylic acid groups (broad SMARTS) is 1. The minimum Gasteiger partial charge on any atom is -0.477 e. The van der Waals surface area contributed by atoms with E-state index in [1.165, 1.54) is 0 Å². The van der Waals surface area contributed by atoms with Gasteiger partial charge in [-0.15, -0.1) is 11.8 Å². The minimum atomic E-state index is -0.968. The fraction of sp³-hybridized carbons (Fsp3) is 0.312. The van der Waals surface area contributed by atoms with Gasteiger partial charge in [-0.1, -0.05) is 42.5 Å². The second kappa shape index (κ2) is 6.33. The minimum absolute atomic E-state index is 0.105. The molecule has 0 aliphatic carbocycles. The maximum absolute atomic E-state index is 12.2. The van der Waals surface area contributed by atoms with Crippen molar-refractivity contribution in [2.75, 3.05) is 5.75 Å². The van der Waals surface area contributed by atoms with Gasteiger partial charge in [-0.3, -0.25) is 4.79 Å². The molecule has 2 aliphatic heterocycles. The lowest BCUT2D eigenvalue weighted by Gasteiger charge is -2.51. The predicted octanol–water partition coefficient (Wildman–Crippen LogP) is 1.79. The molecule has 1 fully saturated rings. The molecular formula is C16H16N2O3S2. The van der Waals surface area contributed by atoms with Gasteiger partial charge in [-0.05, 0) is 18.1 Å². The summed E-state index contributed by atoms with van der Waals surface area (Å²) in [6, 6.07) is 9.20. The van der Waals surface area contributed by atoms with Crippen molar-refractivity contribution in [3.8, 4) is 0 Å². The average molecular weight is 348 g/mol. The quantitative estimate of drug-likeness (QED) is 0.809. The van der Waals surface area contributed by atoms with Gasteiger partial charge in [0.15, 0.2) is 0 Å². The fourth-order valence-corrected chi connectivity index (χ4v) is 4.64. The van der Waals surface area contributed by atoms with Crippen LogP contribution < -0.4 is 5.32 Å². The van der Waals surface area contributed by atoms with Crippen LogP contribution in [-0.4, -0.2) is 44.0 Å². The molecule has 1 aromatic rings. The molecule has 1 amide bonds. The maximum atomic E-state index is 12.2. The number of aliphatic carboxylic acids is 1. The number of fused-ring (bicyclic) bond motifs is 1. The number of thioether (sulfide) groups is 1. The molecule has 1 unspecified atom stereocenters. The summed E-state index contributed by atoms with van der Waals surface area (Å²) < 4.78 is 0. The third-order valence-corrected chi connectivity index (χ3v) is 5.76. The Hall–Kier alpha value is -1.86. The highest BCUT2D eigenvalue weighted by Gasteiger charge is 2.50. The molecule has 3 rings (SSSR count). The summed E-state index contributed by atoms with van der Waals surface area (Å²) in [5.41, 5.74) is 1.99. The van der Waals surface area contributed by atoms with Crippen molar-refractivity contribution in [3.05, 3.63) is 47.2 Å². The van der Waals surface area contributed by atoms with Crippen molar-refractivity contribution in [1.82, 2.24) is 10.2 Å². The maximum Gasteiger partial charge on any atom is 0.352 e. The van der Waals surface area contributed by atoms with E-state index in [1.54, 1.807) is 23.6 Å². The van der Waals surface area contributed by atoms with E-state index in [2.05, 4.69) is 5.32 Å². The van der Waals surface area contributed by atoms with Crippen LogP contribution in [-0.2, 0) is 16.0 Å². The van der Waals surface area contributed by atoms with Gasteiger partial charge in [0.1, 0.15) is 22.1 Å². The average Bonchev–Trinajstić information content (AvgIpc) is 2.53. The summed E-state index contributed by atoms with van der Waals surface area (Å²) in [6.07, 6.45) is 0.290. The second-order valence-electron chi connectivity index (χ2n) is 5.55. The van der Waals surface area contributed by atoms with E-state index in [4.69, 9.17) is 12.2 Å². The first kappa shape index (κ1) is 16.0. The Morgan fingerprint density at radius 2 is 2.09 bits per heavy atom. The summed E-state index contributed by atoms with van der Waals surface area (Å²) in [4.78, 5) is 25.7. The Balaban J connectivity index is 1.67. The molecule has 2 aliphatic rings. The lowest BCUT2D eigenvalue weighted by molar-refractivity contribution is -0.134. The first-order chi connectivity index (χ1) is 11.0. The molecule has 0 saturated carbocycles. The van der Waals surface area contributed by atoms with Gasteiger partial charge in [0.25, 0.3) is 0 Å². The smallest absolute Gasteiger partial charge is 0.352 e. The summed E-state index contributed by atoms with van der Waals surface area (Å²) >= 11 is 6.94. The fourth-order valence-electron chi connectivity index (χ4n) is 2.78. The molecule has 2 N–H and O–H groups in total. The van der Waals surface area contributed by atoms with E-state index >= 15 is 0 Å². The van der Waals surface area contributed by atoms with Gasteiger partial charge in [0.05, 0.1) is 6.42 Å². The largest absolute Gasteiger partial charge is 0.477 e. The summed E-state index contributed by atoms with van der Waals surface area (Å²) in [6.45, 7) is 1.80.